The average Bonchev–Trinajstić information content (AvgIpc) is 3.51. The highest BCUT2D eigenvalue weighted by Gasteiger charge is 2.16. The van der Waals surface area contributed by atoms with Crippen LogP contribution < -0.4 is 0 Å². The maximum absolute atomic E-state index is 10.5. The number of nitrogens with zero attached hydrogens (tertiary/aromatic N) is 3. The van der Waals surface area contributed by atoms with Gasteiger partial charge >= 0.3 is 0 Å². The number of hydrogen-bond donors (Lipinski definition) is 1. The Morgan fingerprint density at radius 2 is 1.20 bits per heavy atom. The Morgan fingerprint density at radius 1 is 0.500 bits per heavy atom. The minimum atomic E-state index is 0.191. The van der Waals surface area contributed by atoms with Crippen molar-refractivity contribution in [1.29, 1.82) is 0 Å². The summed E-state index contributed by atoms with van der Waals surface area (Å²) in [7, 11) is 0. The van der Waals surface area contributed by atoms with Crippen LogP contribution in [0, 0.1) is 0 Å². The largest absolute Gasteiger partial charge is 0.506 e. The minimum Gasteiger partial charge on any atom is -0.506 e. The zero-order valence-electron chi connectivity index (χ0n) is 24.8. The summed E-state index contributed by atoms with van der Waals surface area (Å²) < 4.78 is 2.25. The van der Waals surface area contributed by atoms with Crippen molar-refractivity contribution >= 4 is 43.5 Å². The number of phenolic OH excluding ortho intramolecular Hbond substituents is 1. The summed E-state index contributed by atoms with van der Waals surface area (Å²) in [6, 6.07) is 52.7. The SMILES string of the molecule is Oc1ccc(-c2cccc3cc4c(-c5cccc(-c6nc7ccccc7n6-c6ccccc6)c5)cccc4cc23)c2cccnc12. The second-order valence-corrected chi connectivity index (χ2v) is 11.6. The predicted molar refractivity (Wildman–Crippen MR) is 189 cm³/mol. The van der Waals surface area contributed by atoms with Crippen LogP contribution in [-0.2, 0) is 0 Å². The average molecular weight is 590 g/mol. The van der Waals surface area contributed by atoms with E-state index in [1.807, 2.05) is 30.3 Å². The van der Waals surface area contributed by atoms with Crippen molar-refractivity contribution in [1.82, 2.24) is 14.5 Å². The fraction of sp³-hybridized carbons (Fsp3) is 0. The molecule has 0 spiro atoms. The maximum Gasteiger partial charge on any atom is 0.145 e. The van der Waals surface area contributed by atoms with Gasteiger partial charge in [0.25, 0.3) is 0 Å². The van der Waals surface area contributed by atoms with Gasteiger partial charge in [-0.2, -0.15) is 0 Å². The fourth-order valence-corrected chi connectivity index (χ4v) is 6.81. The Kier molecular flexibility index (Phi) is 5.93. The Hall–Kier alpha value is -6.26. The number of imidazole rings is 1. The number of aromatic nitrogens is 3. The number of phenols is 1. The van der Waals surface area contributed by atoms with Crippen LogP contribution in [0.5, 0.6) is 5.75 Å². The van der Waals surface area contributed by atoms with Gasteiger partial charge in [-0.15, -0.1) is 0 Å². The van der Waals surface area contributed by atoms with Crippen LogP contribution in [-0.4, -0.2) is 19.6 Å². The van der Waals surface area contributed by atoms with E-state index in [4.69, 9.17) is 4.98 Å². The first kappa shape index (κ1) is 26.2. The van der Waals surface area contributed by atoms with E-state index in [1.165, 1.54) is 16.3 Å². The predicted octanol–water partition coefficient (Wildman–Crippen LogP) is 10.6. The zero-order valence-corrected chi connectivity index (χ0v) is 24.8. The molecule has 0 bridgehead atoms. The van der Waals surface area contributed by atoms with Crippen LogP contribution in [0.2, 0.25) is 0 Å². The molecule has 4 heteroatoms. The smallest absolute Gasteiger partial charge is 0.145 e. The molecule has 4 nitrogen and oxygen atoms in total. The summed E-state index contributed by atoms with van der Waals surface area (Å²) >= 11 is 0. The third-order valence-electron chi connectivity index (χ3n) is 8.92. The van der Waals surface area contributed by atoms with E-state index >= 15 is 0 Å². The lowest BCUT2D eigenvalue weighted by Gasteiger charge is -2.14. The van der Waals surface area contributed by atoms with Crippen molar-refractivity contribution in [2.24, 2.45) is 0 Å². The molecule has 0 saturated heterocycles. The monoisotopic (exact) mass is 589 g/mol. The molecule has 0 aliphatic heterocycles. The molecule has 0 fully saturated rings. The lowest BCUT2D eigenvalue weighted by atomic mass is 9.91. The van der Waals surface area contributed by atoms with Gasteiger partial charge in [-0.05, 0) is 104 Å². The highest BCUT2D eigenvalue weighted by atomic mass is 16.3. The molecule has 0 amide bonds. The maximum atomic E-state index is 10.5. The quantitative estimate of drug-likeness (QED) is 0.208. The normalized spacial score (nSPS) is 11.6. The number of rotatable bonds is 4. The number of fused-ring (bicyclic) bond motifs is 4. The molecule has 0 radical (unpaired) electrons. The van der Waals surface area contributed by atoms with Crippen molar-refractivity contribution in [2.75, 3.05) is 0 Å². The van der Waals surface area contributed by atoms with Crippen LogP contribution in [0.15, 0.2) is 158 Å². The lowest BCUT2D eigenvalue weighted by Crippen LogP contribution is -1.97. The van der Waals surface area contributed by atoms with Crippen molar-refractivity contribution < 1.29 is 5.11 Å². The molecule has 46 heavy (non-hydrogen) atoms. The van der Waals surface area contributed by atoms with Gasteiger partial charge in [0.2, 0.25) is 0 Å². The lowest BCUT2D eigenvalue weighted by molar-refractivity contribution is 0.480. The third-order valence-corrected chi connectivity index (χ3v) is 8.92. The van der Waals surface area contributed by atoms with Gasteiger partial charge in [0.15, 0.2) is 0 Å². The fourth-order valence-electron chi connectivity index (χ4n) is 6.81. The summed E-state index contributed by atoms with van der Waals surface area (Å²) in [6.45, 7) is 0. The minimum absolute atomic E-state index is 0.191. The molecular weight excluding hydrogens is 562 g/mol. The van der Waals surface area contributed by atoms with Gasteiger partial charge in [-0.1, -0.05) is 91.0 Å². The molecule has 0 saturated carbocycles. The first-order chi connectivity index (χ1) is 22.7. The van der Waals surface area contributed by atoms with Gasteiger partial charge in [0.1, 0.15) is 17.1 Å². The number of pyridine rings is 1. The number of hydrogen-bond acceptors (Lipinski definition) is 3. The standard InChI is InChI=1S/C42H27N3O/c46-40-22-21-34(35-18-9-23-43-41(35)40)33-17-8-12-29-25-36-28(26-37(29)33)11-7-16-32(36)27-10-6-13-30(24-27)42-44-38-19-4-5-20-39(38)45(42)31-14-2-1-3-15-31/h1-26,46H. The molecule has 0 aliphatic rings. The third kappa shape index (κ3) is 4.15. The van der Waals surface area contributed by atoms with Crippen LogP contribution >= 0.6 is 0 Å². The Bertz CT molecular complexity index is 2600. The molecule has 9 aromatic rings. The topological polar surface area (TPSA) is 50.9 Å². The summed E-state index contributed by atoms with van der Waals surface area (Å²) in [5.74, 6) is 1.11. The highest BCUT2D eigenvalue weighted by molar-refractivity contribution is 6.12. The molecule has 0 unspecified atom stereocenters. The Morgan fingerprint density at radius 3 is 2.04 bits per heavy atom. The van der Waals surface area contributed by atoms with Crippen molar-refractivity contribution in [2.45, 2.75) is 0 Å². The van der Waals surface area contributed by atoms with Gasteiger partial charge in [-0.3, -0.25) is 9.55 Å². The van der Waals surface area contributed by atoms with Crippen LogP contribution in [0.25, 0.3) is 82.8 Å². The Balaban J connectivity index is 1.22. The molecule has 0 atom stereocenters. The van der Waals surface area contributed by atoms with Gasteiger partial charge in [0, 0.05) is 22.8 Å². The highest BCUT2D eigenvalue weighted by Crippen LogP contribution is 2.40. The van der Waals surface area contributed by atoms with Crippen molar-refractivity contribution in [3.63, 3.8) is 0 Å². The van der Waals surface area contributed by atoms with Gasteiger partial charge < -0.3 is 5.11 Å². The van der Waals surface area contributed by atoms with Crippen molar-refractivity contribution in [3.05, 3.63) is 158 Å². The summed E-state index contributed by atoms with van der Waals surface area (Å²) in [5, 5.41) is 16.1. The number of aromatic hydroxyl groups is 1. The molecule has 0 aliphatic carbocycles. The van der Waals surface area contributed by atoms with E-state index in [-0.39, 0.29) is 5.75 Å². The zero-order chi connectivity index (χ0) is 30.6. The van der Waals surface area contributed by atoms with Crippen LogP contribution in [0.3, 0.4) is 0 Å². The van der Waals surface area contributed by atoms with E-state index in [9.17, 15) is 5.11 Å². The molecule has 2 aromatic heterocycles. The molecule has 9 rings (SSSR count). The van der Waals surface area contributed by atoms with Gasteiger partial charge in [0.05, 0.1) is 11.0 Å². The Labute approximate surface area is 265 Å². The summed E-state index contributed by atoms with van der Waals surface area (Å²) in [6.07, 6.45) is 1.72. The van der Waals surface area contributed by atoms with E-state index in [0.29, 0.717) is 5.52 Å². The first-order valence-corrected chi connectivity index (χ1v) is 15.4. The number of benzene rings is 7. The molecule has 2 heterocycles. The number of para-hydroxylation sites is 3. The molecule has 7 aromatic carbocycles. The first-order valence-electron chi connectivity index (χ1n) is 15.4. The summed E-state index contributed by atoms with van der Waals surface area (Å²) in [5.41, 5.74) is 9.29. The van der Waals surface area contributed by atoms with E-state index in [1.54, 1.807) is 12.3 Å². The van der Waals surface area contributed by atoms with Gasteiger partial charge in [-0.25, -0.2) is 4.98 Å². The van der Waals surface area contributed by atoms with E-state index in [0.717, 1.165) is 61.0 Å². The summed E-state index contributed by atoms with van der Waals surface area (Å²) in [4.78, 5) is 9.56. The second-order valence-electron chi connectivity index (χ2n) is 11.6. The van der Waals surface area contributed by atoms with E-state index < -0.39 is 0 Å². The van der Waals surface area contributed by atoms with Crippen molar-refractivity contribution in [3.8, 4) is 45.1 Å². The van der Waals surface area contributed by atoms with Crippen LogP contribution in [0.1, 0.15) is 0 Å². The van der Waals surface area contributed by atoms with E-state index in [2.05, 4.69) is 125 Å². The molecular formula is C42H27N3O. The van der Waals surface area contributed by atoms with Crippen LogP contribution in [0.4, 0.5) is 0 Å². The second kappa shape index (κ2) is 10.4. The molecule has 216 valence electrons. The molecule has 1 N–H and O–H groups in total.